The summed E-state index contributed by atoms with van der Waals surface area (Å²) in [6.45, 7) is 1.17. The summed E-state index contributed by atoms with van der Waals surface area (Å²) in [5.74, 6) is 8.54. The largest absolute Gasteiger partial charge is 0.378 e. The second-order valence-electron chi connectivity index (χ2n) is 3.61. The second-order valence-corrected chi connectivity index (χ2v) is 4.76. The number of hydrogen-bond acceptors (Lipinski definition) is 7. The van der Waals surface area contributed by atoms with E-state index >= 15 is 0 Å². The molecule has 1 saturated heterocycles. The number of ether oxygens (including phenoxy) is 2. The molecule has 1 atom stereocenters. The molecule has 1 aromatic rings. The molecule has 94 valence electrons. The molecule has 0 bridgehead atoms. The number of thioether (sulfide) groups is 1. The maximum absolute atomic E-state index is 5.64. The number of nitrogens with two attached hydrogens (primary N) is 1. The maximum atomic E-state index is 5.64. The fraction of sp³-hybridized carbons (Fsp3) is 0.600. The summed E-state index contributed by atoms with van der Waals surface area (Å²) in [6, 6.07) is 1.77. The Hall–Kier alpha value is -0.890. The van der Waals surface area contributed by atoms with Crippen LogP contribution in [0.25, 0.3) is 0 Å². The molecule has 6 nitrogen and oxygen atoms in total. The Kier molecular flexibility index (Phi) is 4.55. The summed E-state index contributed by atoms with van der Waals surface area (Å²) in [5.41, 5.74) is 3.33. The minimum Gasteiger partial charge on any atom is -0.378 e. The average Bonchev–Trinajstić information content (AvgIpc) is 2.40. The van der Waals surface area contributed by atoms with Gasteiger partial charge in [-0.25, -0.2) is 15.8 Å². The van der Waals surface area contributed by atoms with Crippen molar-refractivity contribution in [3.05, 3.63) is 17.6 Å². The van der Waals surface area contributed by atoms with Gasteiger partial charge in [-0.05, 0) is 0 Å². The van der Waals surface area contributed by atoms with Crippen LogP contribution in [0.5, 0.6) is 0 Å². The minimum atomic E-state index is -0.0577. The van der Waals surface area contributed by atoms with E-state index in [4.69, 9.17) is 15.3 Å². The van der Waals surface area contributed by atoms with Crippen molar-refractivity contribution in [2.45, 2.75) is 12.7 Å². The lowest BCUT2D eigenvalue weighted by molar-refractivity contribution is 0.0689. The number of nitrogens with one attached hydrogen (secondary N) is 1. The highest BCUT2D eigenvalue weighted by molar-refractivity contribution is 7.99. The third kappa shape index (κ3) is 3.29. The van der Waals surface area contributed by atoms with Gasteiger partial charge in [0.1, 0.15) is 11.9 Å². The second kappa shape index (κ2) is 6.15. The fourth-order valence-electron chi connectivity index (χ4n) is 1.59. The maximum Gasteiger partial charge on any atom is 0.160 e. The predicted octanol–water partition coefficient (Wildman–Crippen LogP) is 0.713. The first kappa shape index (κ1) is 12.6. The lowest BCUT2D eigenvalue weighted by Gasteiger charge is -2.21. The van der Waals surface area contributed by atoms with Crippen molar-refractivity contribution in [3.63, 3.8) is 0 Å². The van der Waals surface area contributed by atoms with Crippen molar-refractivity contribution in [2.75, 3.05) is 30.6 Å². The van der Waals surface area contributed by atoms with E-state index in [1.165, 1.54) is 0 Å². The number of aromatic nitrogens is 2. The Morgan fingerprint density at radius 3 is 3.18 bits per heavy atom. The van der Waals surface area contributed by atoms with Gasteiger partial charge in [0.2, 0.25) is 0 Å². The molecule has 0 radical (unpaired) electrons. The van der Waals surface area contributed by atoms with E-state index in [0.29, 0.717) is 18.2 Å². The molecule has 0 aromatic carbocycles. The van der Waals surface area contributed by atoms with Crippen LogP contribution < -0.4 is 11.3 Å². The monoisotopic (exact) mass is 256 g/mol. The molecule has 1 aliphatic rings. The summed E-state index contributed by atoms with van der Waals surface area (Å²) in [6.07, 6.45) is -0.0577. The van der Waals surface area contributed by atoms with Crippen molar-refractivity contribution >= 4 is 17.6 Å². The Morgan fingerprint density at radius 1 is 1.65 bits per heavy atom. The number of rotatable bonds is 4. The summed E-state index contributed by atoms with van der Waals surface area (Å²) >= 11 is 1.84. The summed E-state index contributed by atoms with van der Waals surface area (Å²) < 4.78 is 10.7. The van der Waals surface area contributed by atoms with Gasteiger partial charge in [-0.15, -0.1) is 0 Å². The molecule has 1 fully saturated rings. The summed E-state index contributed by atoms with van der Waals surface area (Å²) in [4.78, 5) is 8.74. The van der Waals surface area contributed by atoms with E-state index in [0.717, 1.165) is 23.8 Å². The molecule has 7 heteroatoms. The molecule has 2 rings (SSSR count). The average molecular weight is 256 g/mol. The van der Waals surface area contributed by atoms with Crippen molar-refractivity contribution in [1.29, 1.82) is 0 Å². The van der Waals surface area contributed by atoms with Gasteiger partial charge in [-0.1, -0.05) is 0 Å². The van der Waals surface area contributed by atoms with Gasteiger partial charge >= 0.3 is 0 Å². The number of nitrogen functional groups attached to an aromatic ring is 1. The molecule has 1 aliphatic heterocycles. The lowest BCUT2D eigenvalue weighted by atomic mass is 10.3. The zero-order valence-electron chi connectivity index (χ0n) is 9.68. The number of methoxy groups -OCH3 is 1. The van der Waals surface area contributed by atoms with Crippen molar-refractivity contribution in [3.8, 4) is 0 Å². The third-order valence-electron chi connectivity index (χ3n) is 2.34. The van der Waals surface area contributed by atoms with Crippen LogP contribution in [0.4, 0.5) is 5.82 Å². The normalized spacial score (nSPS) is 20.2. The molecule has 3 N–H and O–H groups in total. The molecule has 1 aromatic heterocycles. The van der Waals surface area contributed by atoms with Gasteiger partial charge in [0.15, 0.2) is 5.82 Å². The molecule has 1 unspecified atom stereocenters. The molecule has 17 heavy (non-hydrogen) atoms. The first-order chi connectivity index (χ1) is 8.33. The quantitative estimate of drug-likeness (QED) is 0.606. The van der Waals surface area contributed by atoms with Gasteiger partial charge < -0.3 is 14.9 Å². The van der Waals surface area contributed by atoms with Crippen LogP contribution in [-0.2, 0) is 16.1 Å². The smallest absolute Gasteiger partial charge is 0.160 e. The standard InChI is InChI=1S/C10H16N4O2S/c1-15-5-7-4-9(14-11)13-10(12-7)8-6-17-3-2-16-8/h4,8H,2-3,5-6,11H2,1H3,(H,12,13,14). The van der Waals surface area contributed by atoms with Gasteiger partial charge in [-0.3, -0.25) is 0 Å². The molecule has 0 aliphatic carbocycles. The number of hydrogen-bond donors (Lipinski definition) is 2. The van der Waals surface area contributed by atoms with E-state index in [1.54, 1.807) is 13.2 Å². The van der Waals surface area contributed by atoms with E-state index in [-0.39, 0.29) is 6.10 Å². The topological polar surface area (TPSA) is 82.3 Å². The molecular formula is C10H16N4O2S. The minimum absolute atomic E-state index is 0.0577. The number of nitrogens with zero attached hydrogens (tertiary/aromatic N) is 2. The van der Waals surface area contributed by atoms with Crippen LogP contribution >= 0.6 is 11.8 Å². The zero-order valence-corrected chi connectivity index (χ0v) is 10.5. The first-order valence-corrected chi connectivity index (χ1v) is 6.51. The van der Waals surface area contributed by atoms with Gasteiger partial charge in [0.05, 0.1) is 18.9 Å². The molecule has 2 heterocycles. The van der Waals surface area contributed by atoms with Crippen LogP contribution in [0.3, 0.4) is 0 Å². The Labute approximate surface area is 104 Å². The van der Waals surface area contributed by atoms with Crippen LogP contribution in [-0.4, -0.2) is 35.2 Å². The zero-order chi connectivity index (χ0) is 12.1. The highest BCUT2D eigenvalue weighted by Crippen LogP contribution is 2.25. The Bertz CT molecular complexity index is 371. The van der Waals surface area contributed by atoms with Crippen LogP contribution in [0, 0.1) is 0 Å². The summed E-state index contributed by atoms with van der Waals surface area (Å²) in [5, 5.41) is 0. The molecular weight excluding hydrogens is 240 g/mol. The fourth-order valence-corrected chi connectivity index (χ4v) is 2.43. The molecule has 0 amide bonds. The van der Waals surface area contributed by atoms with E-state index in [1.807, 2.05) is 11.8 Å². The number of anilines is 1. The van der Waals surface area contributed by atoms with Gasteiger partial charge in [0.25, 0.3) is 0 Å². The van der Waals surface area contributed by atoms with Gasteiger partial charge in [-0.2, -0.15) is 11.8 Å². The van der Waals surface area contributed by atoms with Crippen LogP contribution in [0.2, 0.25) is 0 Å². The lowest BCUT2D eigenvalue weighted by Crippen LogP contribution is -2.20. The Morgan fingerprint density at radius 2 is 2.53 bits per heavy atom. The van der Waals surface area contributed by atoms with E-state index in [9.17, 15) is 0 Å². The summed E-state index contributed by atoms with van der Waals surface area (Å²) in [7, 11) is 1.63. The third-order valence-corrected chi connectivity index (χ3v) is 3.33. The van der Waals surface area contributed by atoms with Gasteiger partial charge in [0, 0.05) is 24.7 Å². The van der Waals surface area contributed by atoms with E-state index < -0.39 is 0 Å². The number of hydrazine groups is 1. The SMILES string of the molecule is COCc1cc(NN)nc(C2CSCCO2)n1. The Balaban J connectivity index is 2.21. The van der Waals surface area contributed by atoms with Crippen molar-refractivity contribution < 1.29 is 9.47 Å². The van der Waals surface area contributed by atoms with Crippen molar-refractivity contribution in [1.82, 2.24) is 9.97 Å². The highest BCUT2D eigenvalue weighted by Gasteiger charge is 2.20. The van der Waals surface area contributed by atoms with Crippen LogP contribution in [0.1, 0.15) is 17.6 Å². The van der Waals surface area contributed by atoms with Crippen molar-refractivity contribution in [2.24, 2.45) is 5.84 Å². The molecule has 0 spiro atoms. The first-order valence-electron chi connectivity index (χ1n) is 5.36. The highest BCUT2D eigenvalue weighted by atomic mass is 32.2. The van der Waals surface area contributed by atoms with E-state index in [2.05, 4.69) is 15.4 Å². The molecule has 0 saturated carbocycles. The predicted molar refractivity (Wildman–Crippen MR) is 66.6 cm³/mol. The van der Waals surface area contributed by atoms with Crippen LogP contribution in [0.15, 0.2) is 6.07 Å².